The van der Waals surface area contributed by atoms with Crippen LogP contribution >= 0.6 is 11.3 Å². The number of nitrogens with one attached hydrogen (secondary N) is 2. The van der Waals surface area contributed by atoms with Gasteiger partial charge in [0.1, 0.15) is 19.0 Å². The van der Waals surface area contributed by atoms with Crippen molar-refractivity contribution in [3.8, 4) is 0 Å². The first-order valence-electron chi connectivity index (χ1n) is 7.10. The molecule has 23 heavy (non-hydrogen) atoms. The van der Waals surface area contributed by atoms with E-state index in [0.717, 1.165) is 22.3 Å². The van der Waals surface area contributed by atoms with Gasteiger partial charge >= 0.3 is 0 Å². The number of carbonyl (C=O) groups excluding carboxylic acids is 1. The van der Waals surface area contributed by atoms with E-state index in [1.807, 2.05) is 30.5 Å². The summed E-state index contributed by atoms with van der Waals surface area (Å²) in [5, 5.41) is 5.03. The SMILES string of the molecule is Cc1ccc2nc(COCC(=O)NCc3csc(N)n3)[nH]c2c1. The number of nitrogens with two attached hydrogens (primary N) is 1. The summed E-state index contributed by atoms with van der Waals surface area (Å²) in [6.45, 7) is 2.59. The molecule has 7 nitrogen and oxygen atoms in total. The number of rotatable bonds is 6. The van der Waals surface area contributed by atoms with Gasteiger partial charge < -0.3 is 20.8 Å². The van der Waals surface area contributed by atoms with E-state index in [9.17, 15) is 4.79 Å². The van der Waals surface area contributed by atoms with E-state index in [-0.39, 0.29) is 19.1 Å². The smallest absolute Gasteiger partial charge is 0.246 e. The first-order valence-corrected chi connectivity index (χ1v) is 7.97. The number of imidazole rings is 1. The summed E-state index contributed by atoms with van der Waals surface area (Å²) >= 11 is 1.35. The molecule has 0 spiro atoms. The van der Waals surface area contributed by atoms with Crippen molar-refractivity contribution >= 4 is 33.4 Å². The van der Waals surface area contributed by atoms with Gasteiger partial charge in [-0.1, -0.05) is 6.07 Å². The lowest BCUT2D eigenvalue weighted by Gasteiger charge is -2.03. The second-order valence-electron chi connectivity index (χ2n) is 5.15. The number of nitrogens with zero attached hydrogens (tertiary/aromatic N) is 2. The Labute approximate surface area is 136 Å². The first-order chi connectivity index (χ1) is 11.1. The molecule has 3 rings (SSSR count). The maximum atomic E-state index is 11.7. The highest BCUT2D eigenvalue weighted by molar-refractivity contribution is 7.13. The Morgan fingerprint density at radius 3 is 3.09 bits per heavy atom. The fraction of sp³-hybridized carbons (Fsp3) is 0.267. The summed E-state index contributed by atoms with van der Waals surface area (Å²) in [7, 11) is 0. The van der Waals surface area contributed by atoms with Crippen LogP contribution in [0.25, 0.3) is 11.0 Å². The number of anilines is 1. The molecular weight excluding hydrogens is 314 g/mol. The van der Waals surface area contributed by atoms with Crippen LogP contribution in [-0.2, 0) is 22.7 Å². The molecule has 120 valence electrons. The lowest BCUT2D eigenvalue weighted by Crippen LogP contribution is -2.27. The van der Waals surface area contributed by atoms with Gasteiger partial charge in [-0.2, -0.15) is 0 Å². The number of thiazole rings is 1. The van der Waals surface area contributed by atoms with Gasteiger partial charge in [-0.15, -0.1) is 11.3 Å². The predicted octanol–water partition coefficient (Wildman–Crippen LogP) is 1.74. The lowest BCUT2D eigenvalue weighted by molar-refractivity contribution is -0.126. The van der Waals surface area contributed by atoms with E-state index in [1.54, 1.807) is 0 Å². The third kappa shape index (κ3) is 4.05. The number of amides is 1. The Morgan fingerprint density at radius 2 is 2.30 bits per heavy atom. The number of carbonyl (C=O) groups is 1. The number of ether oxygens (including phenoxy) is 1. The number of fused-ring (bicyclic) bond motifs is 1. The Bertz CT molecular complexity index is 826. The monoisotopic (exact) mass is 331 g/mol. The lowest BCUT2D eigenvalue weighted by atomic mass is 10.2. The maximum absolute atomic E-state index is 11.7. The van der Waals surface area contributed by atoms with Crippen LogP contribution in [0.5, 0.6) is 0 Å². The molecular formula is C15H17N5O2S. The van der Waals surface area contributed by atoms with Gasteiger partial charge in [0.05, 0.1) is 23.3 Å². The van der Waals surface area contributed by atoms with Crippen molar-refractivity contribution in [1.29, 1.82) is 0 Å². The van der Waals surface area contributed by atoms with Gasteiger partial charge in [-0.3, -0.25) is 4.79 Å². The minimum Gasteiger partial charge on any atom is -0.375 e. The average Bonchev–Trinajstić information content (AvgIpc) is 3.10. The summed E-state index contributed by atoms with van der Waals surface area (Å²) in [6, 6.07) is 5.99. The summed E-state index contributed by atoms with van der Waals surface area (Å²) < 4.78 is 5.39. The molecule has 1 amide bonds. The van der Waals surface area contributed by atoms with Crippen LogP contribution in [0.4, 0.5) is 5.13 Å². The van der Waals surface area contributed by atoms with Gasteiger partial charge in [0.15, 0.2) is 5.13 Å². The van der Waals surface area contributed by atoms with Gasteiger partial charge in [-0.05, 0) is 24.6 Å². The molecule has 0 aliphatic carbocycles. The van der Waals surface area contributed by atoms with E-state index < -0.39 is 0 Å². The molecule has 4 N–H and O–H groups in total. The number of hydrogen-bond donors (Lipinski definition) is 3. The van der Waals surface area contributed by atoms with E-state index in [2.05, 4.69) is 20.3 Å². The molecule has 2 heterocycles. The minimum absolute atomic E-state index is 0.0321. The largest absolute Gasteiger partial charge is 0.375 e. The summed E-state index contributed by atoms with van der Waals surface area (Å²) in [6.07, 6.45) is 0. The minimum atomic E-state index is -0.205. The van der Waals surface area contributed by atoms with Crippen LogP contribution in [0.15, 0.2) is 23.6 Å². The third-order valence-corrected chi connectivity index (χ3v) is 3.92. The van der Waals surface area contributed by atoms with Gasteiger partial charge in [0.2, 0.25) is 5.91 Å². The number of aryl methyl sites for hydroxylation is 1. The van der Waals surface area contributed by atoms with E-state index in [0.29, 0.717) is 17.5 Å². The highest BCUT2D eigenvalue weighted by atomic mass is 32.1. The molecule has 0 atom stereocenters. The molecule has 0 unspecified atom stereocenters. The molecule has 0 saturated carbocycles. The third-order valence-electron chi connectivity index (χ3n) is 3.19. The molecule has 0 aliphatic heterocycles. The van der Waals surface area contributed by atoms with Gasteiger partial charge in [-0.25, -0.2) is 9.97 Å². The molecule has 0 fully saturated rings. The van der Waals surface area contributed by atoms with Crippen molar-refractivity contribution in [1.82, 2.24) is 20.3 Å². The van der Waals surface area contributed by atoms with Crippen LogP contribution in [0, 0.1) is 6.92 Å². The Balaban J connectivity index is 1.45. The van der Waals surface area contributed by atoms with Crippen molar-refractivity contribution in [2.75, 3.05) is 12.3 Å². The van der Waals surface area contributed by atoms with Crippen molar-refractivity contribution in [3.05, 3.63) is 40.7 Å². The van der Waals surface area contributed by atoms with Crippen LogP contribution in [-0.4, -0.2) is 27.5 Å². The van der Waals surface area contributed by atoms with E-state index in [4.69, 9.17) is 10.5 Å². The predicted molar refractivity (Wildman–Crippen MR) is 88.9 cm³/mol. The first kappa shape index (κ1) is 15.4. The molecule has 8 heteroatoms. The Kier molecular flexibility index (Phi) is 4.54. The number of H-pyrrole nitrogens is 1. The highest BCUT2D eigenvalue weighted by Gasteiger charge is 2.06. The standard InChI is InChI=1S/C15H17N5O2S/c1-9-2-3-11-12(4-9)20-13(19-11)6-22-7-14(21)17-5-10-8-23-15(16)18-10/h2-4,8H,5-7H2,1H3,(H2,16,18)(H,17,21)(H,19,20). The summed E-state index contributed by atoms with van der Waals surface area (Å²) in [5.41, 5.74) is 9.29. The van der Waals surface area contributed by atoms with Crippen LogP contribution in [0.3, 0.4) is 0 Å². The van der Waals surface area contributed by atoms with Crippen molar-refractivity contribution in [2.45, 2.75) is 20.1 Å². The van der Waals surface area contributed by atoms with Crippen molar-refractivity contribution in [3.63, 3.8) is 0 Å². The highest BCUT2D eigenvalue weighted by Crippen LogP contribution is 2.13. The number of nitrogen functional groups attached to an aromatic ring is 1. The van der Waals surface area contributed by atoms with Gasteiger partial charge in [0, 0.05) is 5.38 Å². The van der Waals surface area contributed by atoms with Crippen molar-refractivity contribution in [2.24, 2.45) is 0 Å². The Morgan fingerprint density at radius 1 is 1.43 bits per heavy atom. The molecule has 0 radical (unpaired) electrons. The molecule has 0 bridgehead atoms. The summed E-state index contributed by atoms with van der Waals surface area (Å²) in [5.74, 6) is 0.495. The number of hydrogen-bond acceptors (Lipinski definition) is 6. The van der Waals surface area contributed by atoms with Gasteiger partial charge in [0.25, 0.3) is 0 Å². The number of aromatic amines is 1. The zero-order valence-electron chi connectivity index (χ0n) is 12.6. The quantitative estimate of drug-likeness (QED) is 0.638. The molecule has 1 aromatic carbocycles. The summed E-state index contributed by atoms with van der Waals surface area (Å²) in [4.78, 5) is 23.4. The number of aromatic nitrogens is 3. The van der Waals surface area contributed by atoms with Crippen LogP contribution < -0.4 is 11.1 Å². The molecule has 0 saturated heterocycles. The average molecular weight is 331 g/mol. The molecule has 3 aromatic rings. The van der Waals surface area contributed by atoms with Crippen LogP contribution in [0.1, 0.15) is 17.1 Å². The second kappa shape index (κ2) is 6.76. The maximum Gasteiger partial charge on any atom is 0.246 e. The van der Waals surface area contributed by atoms with E-state index in [1.165, 1.54) is 11.3 Å². The number of benzene rings is 1. The fourth-order valence-corrected chi connectivity index (χ4v) is 2.69. The topological polar surface area (TPSA) is 106 Å². The zero-order chi connectivity index (χ0) is 16.2. The Hall–Kier alpha value is -2.45. The second-order valence-corrected chi connectivity index (χ2v) is 6.04. The zero-order valence-corrected chi connectivity index (χ0v) is 13.4. The molecule has 0 aliphatic rings. The van der Waals surface area contributed by atoms with E-state index >= 15 is 0 Å². The molecule has 2 aromatic heterocycles. The van der Waals surface area contributed by atoms with Crippen LogP contribution in [0.2, 0.25) is 0 Å². The van der Waals surface area contributed by atoms with Crippen molar-refractivity contribution < 1.29 is 9.53 Å². The normalized spacial score (nSPS) is 11.0. The fourth-order valence-electron chi connectivity index (χ4n) is 2.13.